The highest BCUT2D eigenvalue weighted by atomic mass is 16.3. The number of benzene rings is 4. The smallest absolute Gasteiger partial charge is 0.115 e. The fourth-order valence-electron chi connectivity index (χ4n) is 3.62. The summed E-state index contributed by atoms with van der Waals surface area (Å²) in [6, 6.07) is 31.4. The van der Waals surface area contributed by atoms with E-state index in [2.05, 4.69) is 92.4 Å². The van der Waals surface area contributed by atoms with Gasteiger partial charge in [-0.15, -0.1) is 0 Å². The molecule has 1 N–H and O–H groups in total. The van der Waals surface area contributed by atoms with Crippen LogP contribution in [-0.4, -0.2) is 5.11 Å². The van der Waals surface area contributed by atoms with Gasteiger partial charge in [-0.05, 0) is 98.0 Å². The number of phenolic OH excluding ortho intramolecular Hbond substituents is 1. The molecule has 0 aliphatic heterocycles. The lowest BCUT2D eigenvalue weighted by Crippen LogP contribution is -2.10. The fraction of sp³-hybridized carbons (Fsp3) is 0.143. The summed E-state index contributed by atoms with van der Waals surface area (Å²) >= 11 is 0. The van der Waals surface area contributed by atoms with Crippen molar-refractivity contribution in [2.24, 2.45) is 0 Å². The molecule has 0 amide bonds. The summed E-state index contributed by atoms with van der Waals surface area (Å²) in [5, 5.41) is 9.48. The van der Waals surface area contributed by atoms with Crippen LogP contribution in [0.15, 0.2) is 91.0 Å². The molecule has 0 saturated heterocycles. The zero-order valence-electron chi connectivity index (χ0n) is 17.8. The van der Waals surface area contributed by atoms with Crippen molar-refractivity contribution < 1.29 is 5.11 Å². The van der Waals surface area contributed by atoms with Crippen molar-refractivity contribution in [1.82, 2.24) is 0 Å². The van der Waals surface area contributed by atoms with Crippen LogP contribution in [0.1, 0.15) is 27.8 Å². The van der Waals surface area contributed by atoms with Crippen molar-refractivity contribution in [3.05, 3.63) is 119 Å². The number of nitrogens with zero attached hydrogens (tertiary/aromatic N) is 1. The van der Waals surface area contributed by atoms with E-state index in [1.165, 1.54) is 27.8 Å². The molecule has 0 radical (unpaired) electrons. The van der Waals surface area contributed by atoms with E-state index in [1.807, 2.05) is 12.1 Å². The number of hydrogen-bond acceptors (Lipinski definition) is 2. The lowest BCUT2D eigenvalue weighted by atomic mass is 10.0. The molecule has 0 unspecified atom stereocenters. The summed E-state index contributed by atoms with van der Waals surface area (Å²) in [7, 11) is 0. The van der Waals surface area contributed by atoms with E-state index in [1.54, 1.807) is 12.1 Å². The number of rotatable bonds is 5. The Morgan fingerprint density at radius 3 is 1.63 bits per heavy atom. The molecule has 30 heavy (non-hydrogen) atoms. The first-order chi connectivity index (χ1) is 14.5. The van der Waals surface area contributed by atoms with Crippen molar-refractivity contribution in [2.75, 3.05) is 4.90 Å². The van der Waals surface area contributed by atoms with E-state index >= 15 is 0 Å². The van der Waals surface area contributed by atoms with Crippen molar-refractivity contribution >= 4 is 17.1 Å². The third kappa shape index (κ3) is 4.38. The van der Waals surface area contributed by atoms with Gasteiger partial charge in [0, 0.05) is 17.1 Å². The summed E-state index contributed by atoms with van der Waals surface area (Å²) in [6.45, 7) is 6.42. The van der Waals surface area contributed by atoms with Gasteiger partial charge in [0.1, 0.15) is 5.75 Å². The maximum absolute atomic E-state index is 9.48. The SMILES string of the molecule is Cc1ccc(N(c2ccc(Cc3ccc(O)cc3)cc2)c2ccc(C)c(C)c2)cc1. The molecule has 0 aliphatic carbocycles. The maximum Gasteiger partial charge on any atom is 0.115 e. The molecule has 150 valence electrons. The van der Waals surface area contributed by atoms with Gasteiger partial charge in [0.15, 0.2) is 0 Å². The summed E-state index contributed by atoms with van der Waals surface area (Å²) in [5.74, 6) is 0.302. The Kier molecular flexibility index (Phi) is 5.58. The van der Waals surface area contributed by atoms with Crippen molar-refractivity contribution in [1.29, 1.82) is 0 Å². The van der Waals surface area contributed by atoms with Crippen LogP contribution in [-0.2, 0) is 6.42 Å². The molecule has 2 nitrogen and oxygen atoms in total. The van der Waals surface area contributed by atoms with Crippen LogP contribution >= 0.6 is 0 Å². The first-order valence-electron chi connectivity index (χ1n) is 10.3. The van der Waals surface area contributed by atoms with Crippen LogP contribution in [0.4, 0.5) is 17.1 Å². The Labute approximate surface area is 179 Å². The predicted octanol–water partition coefficient (Wildman–Crippen LogP) is 7.38. The Hall–Kier alpha value is -3.52. The van der Waals surface area contributed by atoms with Gasteiger partial charge in [-0.2, -0.15) is 0 Å². The highest BCUT2D eigenvalue weighted by molar-refractivity contribution is 5.77. The summed E-state index contributed by atoms with van der Waals surface area (Å²) < 4.78 is 0. The molecule has 4 aromatic rings. The second-order valence-corrected chi connectivity index (χ2v) is 7.95. The minimum Gasteiger partial charge on any atom is -0.508 e. The molecule has 0 aromatic heterocycles. The first kappa shape index (κ1) is 19.8. The average molecular weight is 394 g/mol. The first-order valence-corrected chi connectivity index (χ1v) is 10.3. The Balaban J connectivity index is 1.68. The predicted molar refractivity (Wildman–Crippen MR) is 126 cm³/mol. The highest BCUT2D eigenvalue weighted by Gasteiger charge is 2.13. The minimum atomic E-state index is 0.302. The quantitative estimate of drug-likeness (QED) is 0.382. The van der Waals surface area contributed by atoms with E-state index in [9.17, 15) is 5.11 Å². The van der Waals surface area contributed by atoms with E-state index in [0.29, 0.717) is 5.75 Å². The van der Waals surface area contributed by atoms with Crippen LogP contribution in [0.2, 0.25) is 0 Å². The lowest BCUT2D eigenvalue weighted by Gasteiger charge is -2.26. The van der Waals surface area contributed by atoms with E-state index in [0.717, 1.165) is 23.5 Å². The molecule has 4 rings (SSSR count). The molecule has 0 fully saturated rings. The van der Waals surface area contributed by atoms with E-state index < -0.39 is 0 Å². The van der Waals surface area contributed by atoms with Gasteiger partial charge in [0.05, 0.1) is 0 Å². The zero-order chi connectivity index (χ0) is 21.1. The lowest BCUT2D eigenvalue weighted by molar-refractivity contribution is 0.475. The molecule has 2 heteroatoms. The van der Waals surface area contributed by atoms with Crippen LogP contribution in [0.5, 0.6) is 5.75 Å². The number of aromatic hydroxyl groups is 1. The largest absolute Gasteiger partial charge is 0.508 e. The second-order valence-electron chi connectivity index (χ2n) is 7.95. The number of hydrogen-bond donors (Lipinski definition) is 1. The monoisotopic (exact) mass is 393 g/mol. The molecular weight excluding hydrogens is 366 g/mol. The molecule has 0 heterocycles. The normalized spacial score (nSPS) is 10.8. The molecular formula is C28H27NO. The Bertz CT molecular complexity index is 1130. The molecule has 0 bridgehead atoms. The van der Waals surface area contributed by atoms with Gasteiger partial charge in [0.2, 0.25) is 0 Å². The number of anilines is 3. The Morgan fingerprint density at radius 1 is 0.567 bits per heavy atom. The van der Waals surface area contributed by atoms with E-state index in [-0.39, 0.29) is 0 Å². The van der Waals surface area contributed by atoms with Crippen LogP contribution in [0.3, 0.4) is 0 Å². The molecule has 0 spiro atoms. The van der Waals surface area contributed by atoms with Gasteiger partial charge in [-0.25, -0.2) is 0 Å². The van der Waals surface area contributed by atoms with Crippen LogP contribution in [0.25, 0.3) is 0 Å². The standard InChI is InChI=1S/C28H27NO/c1-20-4-11-25(12-5-20)29(27-13-6-21(2)22(3)18-27)26-14-7-23(8-15-26)19-24-9-16-28(30)17-10-24/h4-18,30H,19H2,1-3H3. The molecule has 0 aliphatic rings. The Morgan fingerprint density at radius 2 is 1.07 bits per heavy atom. The number of aryl methyl sites for hydroxylation is 3. The van der Waals surface area contributed by atoms with Crippen molar-refractivity contribution in [3.63, 3.8) is 0 Å². The molecule has 0 atom stereocenters. The van der Waals surface area contributed by atoms with Gasteiger partial charge in [-0.1, -0.05) is 48.0 Å². The van der Waals surface area contributed by atoms with Gasteiger partial charge < -0.3 is 10.0 Å². The summed E-state index contributed by atoms with van der Waals surface area (Å²) in [5.41, 5.74) is 9.71. The topological polar surface area (TPSA) is 23.5 Å². The van der Waals surface area contributed by atoms with Crippen molar-refractivity contribution in [3.8, 4) is 5.75 Å². The van der Waals surface area contributed by atoms with Crippen LogP contribution in [0, 0.1) is 20.8 Å². The van der Waals surface area contributed by atoms with Crippen LogP contribution < -0.4 is 4.90 Å². The average Bonchev–Trinajstić information content (AvgIpc) is 2.75. The van der Waals surface area contributed by atoms with Gasteiger partial charge >= 0.3 is 0 Å². The third-order valence-electron chi connectivity index (χ3n) is 5.58. The third-order valence-corrected chi connectivity index (χ3v) is 5.58. The minimum absolute atomic E-state index is 0.302. The molecule has 4 aromatic carbocycles. The summed E-state index contributed by atoms with van der Waals surface area (Å²) in [4.78, 5) is 2.30. The summed E-state index contributed by atoms with van der Waals surface area (Å²) in [6.07, 6.45) is 0.842. The highest BCUT2D eigenvalue weighted by Crippen LogP contribution is 2.35. The van der Waals surface area contributed by atoms with Gasteiger partial charge in [0.25, 0.3) is 0 Å². The molecule has 0 saturated carbocycles. The van der Waals surface area contributed by atoms with E-state index in [4.69, 9.17) is 0 Å². The van der Waals surface area contributed by atoms with Crippen molar-refractivity contribution in [2.45, 2.75) is 27.2 Å². The van der Waals surface area contributed by atoms with Gasteiger partial charge in [-0.3, -0.25) is 0 Å². The second kappa shape index (κ2) is 8.46. The maximum atomic E-state index is 9.48. The zero-order valence-corrected chi connectivity index (χ0v) is 17.8. The fourth-order valence-corrected chi connectivity index (χ4v) is 3.62. The number of phenols is 1.